The molecule has 1 saturated heterocycles. The molecular formula is C32H24BrFN2O6. The third-order valence-corrected chi connectivity index (χ3v) is 6.87. The van der Waals surface area contributed by atoms with Crippen LogP contribution in [-0.4, -0.2) is 25.0 Å². The first-order valence-electron chi connectivity index (χ1n) is 12.8. The summed E-state index contributed by atoms with van der Waals surface area (Å²) in [6, 6.07) is 24.4. The van der Waals surface area contributed by atoms with Crippen molar-refractivity contribution in [3.63, 3.8) is 0 Å². The van der Waals surface area contributed by atoms with Gasteiger partial charge in [0.1, 0.15) is 30.4 Å². The van der Waals surface area contributed by atoms with Crippen LogP contribution in [0.1, 0.15) is 16.7 Å². The monoisotopic (exact) mass is 630 g/mol. The molecule has 1 aliphatic heterocycles. The standard InChI is InChI=1S/C32H24BrFN2O6/c1-40-28-17-22(16-27(33)29(28)42-19-21-8-5-9-23(34)14-21)15-26-30(37)35-32(39)36(31(26)38)24-10-12-25(13-11-24)41-18-20-6-3-2-4-7-20/h2-17H,18-19H2,1H3,(H,35,37,39)/b26-15+. The highest BCUT2D eigenvalue weighted by molar-refractivity contribution is 9.10. The Morgan fingerprint density at radius 3 is 2.29 bits per heavy atom. The van der Waals surface area contributed by atoms with E-state index in [9.17, 15) is 18.8 Å². The number of hydrogen-bond donors (Lipinski definition) is 1. The number of imide groups is 2. The van der Waals surface area contributed by atoms with Gasteiger partial charge in [0.25, 0.3) is 11.8 Å². The van der Waals surface area contributed by atoms with Crippen LogP contribution in [0, 0.1) is 5.82 Å². The number of carbonyl (C=O) groups is 3. The zero-order valence-corrected chi connectivity index (χ0v) is 23.9. The Bertz CT molecular complexity index is 1670. The maximum absolute atomic E-state index is 13.5. The van der Waals surface area contributed by atoms with E-state index in [1.54, 1.807) is 48.5 Å². The number of rotatable bonds is 9. The molecule has 1 N–H and O–H groups in total. The van der Waals surface area contributed by atoms with Crippen molar-refractivity contribution in [3.8, 4) is 17.2 Å². The van der Waals surface area contributed by atoms with Gasteiger partial charge in [-0.3, -0.25) is 14.9 Å². The average Bonchev–Trinajstić information content (AvgIpc) is 2.98. The largest absolute Gasteiger partial charge is 0.493 e. The van der Waals surface area contributed by atoms with Crippen LogP contribution in [0.3, 0.4) is 0 Å². The summed E-state index contributed by atoms with van der Waals surface area (Å²) in [4.78, 5) is 39.6. The number of amides is 4. The van der Waals surface area contributed by atoms with E-state index < -0.39 is 17.8 Å². The number of nitrogens with one attached hydrogen (secondary N) is 1. The lowest BCUT2D eigenvalue weighted by molar-refractivity contribution is -0.122. The summed E-state index contributed by atoms with van der Waals surface area (Å²) in [5.74, 6) is -0.769. The number of barbiturate groups is 1. The van der Waals surface area contributed by atoms with Crippen molar-refractivity contribution in [1.82, 2.24) is 5.32 Å². The highest BCUT2D eigenvalue weighted by atomic mass is 79.9. The van der Waals surface area contributed by atoms with Gasteiger partial charge < -0.3 is 14.2 Å². The molecule has 212 valence electrons. The Balaban J connectivity index is 1.35. The maximum Gasteiger partial charge on any atom is 0.335 e. The molecule has 0 aromatic heterocycles. The van der Waals surface area contributed by atoms with Gasteiger partial charge in [-0.2, -0.15) is 0 Å². The second-order valence-corrected chi connectivity index (χ2v) is 10.0. The van der Waals surface area contributed by atoms with Gasteiger partial charge in [-0.15, -0.1) is 0 Å². The van der Waals surface area contributed by atoms with Crippen LogP contribution in [0.4, 0.5) is 14.9 Å². The van der Waals surface area contributed by atoms with Crippen LogP contribution < -0.4 is 24.4 Å². The second-order valence-electron chi connectivity index (χ2n) is 9.18. The minimum absolute atomic E-state index is 0.0845. The Hall–Kier alpha value is -4.96. The third-order valence-electron chi connectivity index (χ3n) is 6.28. The molecular weight excluding hydrogens is 607 g/mol. The Morgan fingerprint density at radius 1 is 0.857 bits per heavy atom. The van der Waals surface area contributed by atoms with Crippen molar-refractivity contribution in [1.29, 1.82) is 0 Å². The molecule has 0 aliphatic carbocycles. The molecule has 0 bridgehead atoms. The van der Waals surface area contributed by atoms with Gasteiger partial charge in [-0.25, -0.2) is 14.1 Å². The summed E-state index contributed by atoms with van der Waals surface area (Å²) in [5, 5.41) is 2.22. The van der Waals surface area contributed by atoms with Crippen LogP contribution in [0.2, 0.25) is 0 Å². The van der Waals surface area contributed by atoms with Gasteiger partial charge in [0.05, 0.1) is 17.3 Å². The zero-order chi connectivity index (χ0) is 29.6. The van der Waals surface area contributed by atoms with Crippen molar-refractivity contribution in [3.05, 3.63) is 124 Å². The molecule has 1 fully saturated rings. The smallest absolute Gasteiger partial charge is 0.335 e. The maximum atomic E-state index is 13.5. The number of benzene rings is 4. The Kier molecular flexibility index (Phi) is 8.63. The summed E-state index contributed by atoms with van der Waals surface area (Å²) >= 11 is 3.44. The van der Waals surface area contributed by atoms with Gasteiger partial charge in [-0.05, 0) is 87.2 Å². The summed E-state index contributed by atoms with van der Waals surface area (Å²) in [6.45, 7) is 0.444. The molecule has 4 aromatic rings. The molecule has 0 radical (unpaired) electrons. The van der Waals surface area contributed by atoms with E-state index in [0.717, 1.165) is 10.5 Å². The fourth-order valence-electron chi connectivity index (χ4n) is 4.24. The first-order valence-corrected chi connectivity index (χ1v) is 13.5. The number of halogens is 2. The predicted molar refractivity (Wildman–Crippen MR) is 158 cm³/mol. The van der Waals surface area contributed by atoms with Crippen LogP contribution in [0.15, 0.2) is 101 Å². The molecule has 0 unspecified atom stereocenters. The molecule has 4 aromatic carbocycles. The van der Waals surface area contributed by atoms with Gasteiger partial charge >= 0.3 is 6.03 Å². The fraction of sp³-hybridized carbons (Fsp3) is 0.0938. The topological polar surface area (TPSA) is 94.2 Å². The van der Waals surface area contributed by atoms with Gasteiger partial charge in [0, 0.05) is 0 Å². The van der Waals surface area contributed by atoms with Crippen molar-refractivity contribution < 1.29 is 33.0 Å². The van der Waals surface area contributed by atoms with Crippen LogP contribution >= 0.6 is 15.9 Å². The van der Waals surface area contributed by atoms with Crippen LogP contribution in [0.25, 0.3) is 6.08 Å². The normalized spacial score (nSPS) is 14.1. The van der Waals surface area contributed by atoms with E-state index in [2.05, 4.69) is 21.2 Å². The van der Waals surface area contributed by atoms with E-state index in [4.69, 9.17) is 14.2 Å². The molecule has 1 heterocycles. The van der Waals surface area contributed by atoms with E-state index in [0.29, 0.717) is 39.5 Å². The molecule has 42 heavy (non-hydrogen) atoms. The van der Waals surface area contributed by atoms with Crippen LogP contribution in [-0.2, 0) is 22.8 Å². The van der Waals surface area contributed by atoms with Gasteiger partial charge in [0.2, 0.25) is 0 Å². The molecule has 1 aliphatic rings. The summed E-state index contributed by atoms with van der Waals surface area (Å²) in [7, 11) is 1.44. The van der Waals surface area contributed by atoms with Crippen LogP contribution in [0.5, 0.6) is 17.2 Å². The lowest BCUT2D eigenvalue weighted by Crippen LogP contribution is -2.54. The molecule has 10 heteroatoms. The van der Waals surface area contributed by atoms with Gasteiger partial charge in [-0.1, -0.05) is 42.5 Å². The SMILES string of the molecule is COc1cc(/C=C2\C(=O)NC(=O)N(c3ccc(OCc4ccccc4)cc3)C2=O)cc(Br)c1OCc1cccc(F)c1. The Morgan fingerprint density at radius 2 is 1.57 bits per heavy atom. The lowest BCUT2D eigenvalue weighted by atomic mass is 10.1. The van der Waals surface area contributed by atoms with E-state index in [1.165, 1.54) is 25.3 Å². The highest BCUT2D eigenvalue weighted by Crippen LogP contribution is 2.38. The Labute approximate surface area is 249 Å². The van der Waals surface area contributed by atoms with Crippen molar-refractivity contribution >= 4 is 45.5 Å². The number of hydrogen-bond acceptors (Lipinski definition) is 6. The fourth-order valence-corrected chi connectivity index (χ4v) is 4.81. The first-order chi connectivity index (χ1) is 20.3. The third kappa shape index (κ3) is 6.50. The van der Waals surface area contributed by atoms with Crippen molar-refractivity contribution in [2.75, 3.05) is 12.0 Å². The lowest BCUT2D eigenvalue weighted by Gasteiger charge is -2.26. The quantitative estimate of drug-likeness (QED) is 0.169. The minimum Gasteiger partial charge on any atom is -0.493 e. The number of carbonyl (C=O) groups excluding carboxylic acids is 3. The average molecular weight is 631 g/mol. The molecule has 0 spiro atoms. The van der Waals surface area contributed by atoms with E-state index >= 15 is 0 Å². The highest BCUT2D eigenvalue weighted by Gasteiger charge is 2.37. The van der Waals surface area contributed by atoms with Crippen molar-refractivity contribution in [2.45, 2.75) is 13.2 Å². The summed E-state index contributed by atoms with van der Waals surface area (Å²) in [5.41, 5.74) is 2.08. The first kappa shape index (κ1) is 28.6. The number of urea groups is 1. The summed E-state index contributed by atoms with van der Waals surface area (Å²) in [6.07, 6.45) is 1.36. The molecule has 4 amide bonds. The molecule has 0 atom stereocenters. The molecule has 0 saturated carbocycles. The van der Waals surface area contributed by atoms with Gasteiger partial charge in [0.15, 0.2) is 11.5 Å². The number of nitrogens with zero attached hydrogens (tertiary/aromatic N) is 1. The zero-order valence-electron chi connectivity index (χ0n) is 22.3. The molecule has 8 nitrogen and oxygen atoms in total. The summed E-state index contributed by atoms with van der Waals surface area (Å²) < 4.78 is 31.1. The minimum atomic E-state index is -0.861. The van der Waals surface area contributed by atoms with E-state index in [1.807, 2.05) is 30.3 Å². The predicted octanol–water partition coefficient (Wildman–Crippen LogP) is 6.42. The number of anilines is 1. The van der Waals surface area contributed by atoms with E-state index in [-0.39, 0.29) is 23.7 Å². The second kappa shape index (κ2) is 12.7. The van der Waals surface area contributed by atoms with Crippen molar-refractivity contribution in [2.24, 2.45) is 0 Å². The molecule has 5 rings (SSSR count). The number of methoxy groups -OCH3 is 1. The number of ether oxygens (including phenoxy) is 3.